The SMILES string of the molecule is CC#CCC(=O)C(C)(C)N1CCCC1. The Bertz CT molecular complexity index is 264. The lowest BCUT2D eigenvalue weighted by Gasteiger charge is -2.33. The molecule has 1 fully saturated rings. The van der Waals surface area contributed by atoms with Gasteiger partial charge in [0.25, 0.3) is 0 Å². The number of ketones is 1. The summed E-state index contributed by atoms with van der Waals surface area (Å²) in [6, 6.07) is 0. The van der Waals surface area contributed by atoms with E-state index in [9.17, 15) is 4.79 Å². The molecule has 0 spiro atoms. The first-order valence-corrected chi connectivity index (χ1v) is 5.27. The minimum Gasteiger partial charge on any atom is -0.297 e. The maximum Gasteiger partial charge on any atom is 0.164 e. The normalized spacial score (nSPS) is 17.6. The van der Waals surface area contributed by atoms with Crippen LogP contribution in [0.3, 0.4) is 0 Å². The third kappa shape index (κ3) is 2.36. The Hall–Kier alpha value is -0.810. The van der Waals surface area contributed by atoms with Crippen molar-refractivity contribution in [3.8, 4) is 11.8 Å². The molecule has 2 nitrogen and oxygen atoms in total. The minimum atomic E-state index is -0.319. The fourth-order valence-electron chi connectivity index (χ4n) is 1.84. The molecule has 2 heteroatoms. The lowest BCUT2D eigenvalue weighted by atomic mass is 9.95. The molecule has 1 heterocycles. The lowest BCUT2D eigenvalue weighted by Crippen LogP contribution is -2.48. The van der Waals surface area contributed by atoms with E-state index in [1.54, 1.807) is 6.92 Å². The fourth-order valence-corrected chi connectivity index (χ4v) is 1.84. The number of hydrogen-bond acceptors (Lipinski definition) is 2. The van der Waals surface area contributed by atoms with Gasteiger partial charge in [-0.25, -0.2) is 0 Å². The van der Waals surface area contributed by atoms with Crippen LogP contribution in [0.25, 0.3) is 0 Å². The summed E-state index contributed by atoms with van der Waals surface area (Å²) in [7, 11) is 0. The van der Waals surface area contributed by atoms with E-state index in [2.05, 4.69) is 16.7 Å². The van der Waals surface area contributed by atoms with Crippen molar-refractivity contribution in [2.45, 2.75) is 45.6 Å². The lowest BCUT2D eigenvalue weighted by molar-refractivity contribution is -0.127. The van der Waals surface area contributed by atoms with Gasteiger partial charge in [-0.15, -0.1) is 5.92 Å². The number of carbonyl (C=O) groups excluding carboxylic acids is 1. The molecule has 14 heavy (non-hydrogen) atoms. The molecule has 1 saturated heterocycles. The predicted molar refractivity (Wildman–Crippen MR) is 58.0 cm³/mol. The Labute approximate surface area is 86.7 Å². The van der Waals surface area contributed by atoms with Crippen LogP contribution < -0.4 is 0 Å². The minimum absolute atomic E-state index is 0.244. The number of hydrogen-bond donors (Lipinski definition) is 0. The zero-order chi connectivity index (χ0) is 10.6. The molecule has 0 N–H and O–H groups in total. The van der Waals surface area contributed by atoms with Crippen molar-refractivity contribution in [1.82, 2.24) is 4.90 Å². The molecule has 0 bridgehead atoms. The standard InChI is InChI=1S/C12H19NO/c1-4-5-8-11(14)12(2,3)13-9-6-7-10-13/h6-10H2,1-3H3. The molecule has 78 valence electrons. The van der Waals surface area contributed by atoms with E-state index in [1.807, 2.05) is 13.8 Å². The number of Topliss-reactive ketones (excluding diaryl/α,β-unsaturated/α-hetero) is 1. The molecule has 0 aromatic heterocycles. The molecule has 0 radical (unpaired) electrons. The Balaban J connectivity index is 2.60. The smallest absolute Gasteiger partial charge is 0.164 e. The highest BCUT2D eigenvalue weighted by Crippen LogP contribution is 2.22. The summed E-state index contributed by atoms with van der Waals surface area (Å²) in [6.07, 6.45) is 2.83. The first kappa shape index (κ1) is 11.3. The van der Waals surface area contributed by atoms with Gasteiger partial charge in [-0.3, -0.25) is 9.69 Å². The van der Waals surface area contributed by atoms with E-state index in [-0.39, 0.29) is 11.3 Å². The van der Waals surface area contributed by atoms with Gasteiger partial charge in [-0.05, 0) is 46.7 Å². The van der Waals surface area contributed by atoms with Gasteiger partial charge >= 0.3 is 0 Å². The van der Waals surface area contributed by atoms with Crippen molar-refractivity contribution >= 4 is 5.78 Å². The number of nitrogens with zero attached hydrogens (tertiary/aromatic N) is 1. The molecule has 0 aliphatic carbocycles. The molecule has 0 aromatic rings. The molecular weight excluding hydrogens is 174 g/mol. The zero-order valence-electron chi connectivity index (χ0n) is 9.39. The van der Waals surface area contributed by atoms with E-state index < -0.39 is 0 Å². The van der Waals surface area contributed by atoms with Crippen LogP contribution in [0.4, 0.5) is 0 Å². The van der Waals surface area contributed by atoms with Crippen LogP contribution in [0.5, 0.6) is 0 Å². The summed E-state index contributed by atoms with van der Waals surface area (Å²) in [6.45, 7) is 7.91. The maximum absolute atomic E-state index is 11.9. The maximum atomic E-state index is 11.9. The zero-order valence-corrected chi connectivity index (χ0v) is 9.39. The van der Waals surface area contributed by atoms with E-state index in [0.717, 1.165) is 13.1 Å². The van der Waals surface area contributed by atoms with Gasteiger partial charge in [-0.1, -0.05) is 5.92 Å². The van der Waals surface area contributed by atoms with Crippen molar-refractivity contribution in [2.24, 2.45) is 0 Å². The third-order valence-corrected chi connectivity index (χ3v) is 3.00. The molecule has 1 aliphatic rings. The molecule has 0 aromatic carbocycles. The molecule has 0 atom stereocenters. The molecular formula is C12H19NO. The van der Waals surface area contributed by atoms with Crippen molar-refractivity contribution in [2.75, 3.05) is 13.1 Å². The summed E-state index contributed by atoms with van der Waals surface area (Å²) in [5.74, 6) is 5.87. The van der Waals surface area contributed by atoms with Crippen molar-refractivity contribution < 1.29 is 4.79 Å². The largest absolute Gasteiger partial charge is 0.297 e. The van der Waals surface area contributed by atoms with Gasteiger partial charge < -0.3 is 0 Å². The van der Waals surface area contributed by atoms with Gasteiger partial charge in [0, 0.05) is 0 Å². The topological polar surface area (TPSA) is 20.3 Å². The van der Waals surface area contributed by atoms with Crippen LogP contribution >= 0.6 is 0 Å². The van der Waals surface area contributed by atoms with E-state index in [0.29, 0.717) is 6.42 Å². The highest BCUT2D eigenvalue weighted by molar-refractivity contribution is 5.89. The summed E-state index contributed by atoms with van der Waals surface area (Å²) in [4.78, 5) is 14.1. The first-order valence-electron chi connectivity index (χ1n) is 5.27. The van der Waals surface area contributed by atoms with Crippen LogP contribution in [0.1, 0.15) is 40.0 Å². The second-order valence-electron chi connectivity index (χ2n) is 4.28. The molecule has 1 rings (SSSR count). The number of likely N-dealkylation sites (tertiary alicyclic amines) is 1. The predicted octanol–water partition coefficient (Wildman–Crippen LogP) is 1.84. The monoisotopic (exact) mass is 193 g/mol. The average Bonchev–Trinajstić information content (AvgIpc) is 2.67. The molecule has 0 saturated carbocycles. The van der Waals surface area contributed by atoms with Crippen LogP contribution in [0.15, 0.2) is 0 Å². The van der Waals surface area contributed by atoms with E-state index in [4.69, 9.17) is 0 Å². The van der Waals surface area contributed by atoms with Gasteiger partial charge in [0.05, 0.1) is 12.0 Å². The summed E-state index contributed by atoms with van der Waals surface area (Å²) < 4.78 is 0. The number of carbonyl (C=O) groups is 1. The van der Waals surface area contributed by atoms with Gasteiger partial charge in [0.15, 0.2) is 5.78 Å². The first-order chi connectivity index (χ1) is 6.59. The van der Waals surface area contributed by atoms with Crippen LogP contribution in [-0.4, -0.2) is 29.3 Å². The summed E-state index contributed by atoms with van der Waals surface area (Å²) in [5, 5.41) is 0. The van der Waals surface area contributed by atoms with Crippen LogP contribution in [0, 0.1) is 11.8 Å². The van der Waals surface area contributed by atoms with E-state index >= 15 is 0 Å². The van der Waals surface area contributed by atoms with Crippen molar-refractivity contribution in [3.05, 3.63) is 0 Å². The molecule has 0 unspecified atom stereocenters. The number of rotatable bonds is 3. The van der Waals surface area contributed by atoms with Gasteiger partial charge in [0.2, 0.25) is 0 Å². The van der Waals surface area contributed by atoms with Crippen molar-refractivity contribution in [1.29, 1.82) is 0 Å². The van der Waals surface area contributed by atoms with Crippen LogP contribution in [0.2, 0.25) is 0 Å². The molecule has 0 amide bonds. The Morgan fingerprint density at radius 2 is 1.93 bits per heavy atom. The fraction of sp³-hybridized carbons (Fsp3) is 0.750. The summed E-state index contributed by atoms with van der Waals surface area (Å²) in [5.41, 5.74) is -0.319. The van der Waals surface area contributed by atoms with E-state index in [1.165, 1.54) is 12.8 Å². The van der Waals surface area contributed by atoms with Crippen molar-refractivity contribution in [3.63, 3.8) is 0 Å². The van der Waals surface area contributed by atoms with Crippen LogP contribution in [-0.2, 0) is 4.79 Å². The third-order valence-electron chi connectivity index (χ3n) is 3.00. The second-order valence-corrected chi connectivity index (χ2v) is 4.28. The Morgan fingerprint density at radius 3 is 2.43 bits per heavy atom. The summed E-state index contributed by atoms with van der Waals surface area (Å²) >= 11 is 0. The van der Waals surface area contributed by atoms with Gasteiger partial charge in [0.1, 0.15) is 0 Å². The second kappa shape index (κ2) is 4.61. The quantitative estimate of drug-likeness (QED) is 0.637. The molecule has 1 aliphatic heterocycles. The Kier molecular flexibility index (Phi) is 3.71. The highest BCUT2D eigenvalue weighted by Gasteiger charge is 2.34. The average molecular weight is 193 g/mol. The van der Waals surface area contributed by atoms with Gasteiger partial charge in [-0.2, -0.15) is 0 Å². The highest BCUT2D eigenvalue weighted by atomic mass is 16.1. The Morgan fingerprint density at radius 1 is 1.36 bits per heavy atom.